The van der Waals surface area contributed by atoms with Crippen LogP contribution in [0.15, 0.2) is 36.4 Å². The van der Waals surface area contributed by atoms with Crippen LogP contribution in [0.3, 0.4) is 0 Å². The van der Waals surface area contributed by atoms with Crippen LogP contribution in [0.1, 0.15) is 22.8 Å². The van der Waals surface area contributed by atoms with Gasteiger partial charge in [0.05, 0.1) is 17.6 Å². The Hall–Kier alpha value is -3.95. The molecule has 2 N–H and O–H groups in total. The number of nitrogens with zero attached hydrogens (tertiary/aromatic N) is 1. The number of nitrogens with one attached hydrogen (secondary N) is 2. The molecule has 29 heavy (non-hydrogen) atoms. The molecule has 0 unspecified atom stereocenters. The molecule has 2 aromatic rings. The number of aryl methyl sites for hydroxylation is 1. The number of hydrogen-bond acceptors (Lipinski definition) is 7. The van der Waals surface area contributed by atoms with E-state index in [1.165, 1.54) is 50.4 Å². The molecule has 0 bridgehead atoms. The van der Waals surface area contributed by atoms with Gasteiger partial charge in [-0.15, -0.1) is 0 Å². The van der Waals surface area contributed by atoms with Crippen LogP contribution in [0.4, 0.5) is 17.1 Å². The summed E-state index contributed by atoms with van der Waals surface area (Å²) in [5.41, 5.74) is 1.26. The fourth-order valence-corrected chi connectivity index (χ4v) is 2.41. The number of ether oxygens (including phenoxy) is 2. The van der Waals surface area contributed by atoms with E-state index < -0.39 is 23.4 Å². The Morgan fingerprint density at radius 1 is 1.10 bits per heavy atom. The predicted octanol–water partition coefficient (Wildman–Crippen LogP) is 2.67. The minimum Gasteiger partial charge on any atom is -0.490 e. The lowest BCUT2D eigenvalue weighted by atomic mass is 10.1. The van der Waals surface area contributed by atoms with Crippen LogP contribution in [-0.2, 0) is 14.3 Å². The van der Waals surface area contributed by atoms with E-state index in [1.807, 2.05) is 0 Å². The van der Waals surface area contributed by atoms with Gasteiger partial charge in [0.15, 0.2) is 12.4 Å². The minimum atomic E-state index is -0.715. The second kappa shape index (κ2) is 9.31. The van der Waals surface area contributed by atoms with Gasteiger partial charge in [0.1, 0.15) is 0 Å². The summed E-state index contributed by atoms with van der Waals surface area (Å²) in [6.07, 6.45) is 0. The molecule has 10 heteroatoms. The molecule has 2 rings (SSSR count). The van der Waals surface area contributed by atoms with Crippen molar-refractivity contribution in [1.29, 1.82) is 0 Å². The average molecular weight is 401 g/mol. The summed E-state index contributed by atoms with van der Waals surface area (Å²) < 4.78 is 9.93. The fraction of sp³-hybridized carbons (Fsp3) is 0.211. The third kappa shape index (κ3) is 5.76. The van der Waals surface area contributed by atoms with Crippen molar-refractivity contribution in [3.05, 3.63) is 57.6 Å². The van der Waals surface area contributed by atoms with E-state index in [0.717, 1.165) is 0 Å². The van der Waals surface area contributed by atoms with Crippen LogP contribution < -0.4 is 15.4 Å². The molecule has 10 nitrogen and oxygen atoms in total. The first-order chi connectivity index (χ1) is 13.7. The van der Waals surface area contributed by atoms with Crippen molar-refractivity contribution < 1.29 is 28.8 Å². The largest absolute Gasteiger partial charge is 0.490 e. The predicted molar refractivity (Wildman–Crippen MR) is 104 cm³/mol. The van der Waals surface area contributed by atoms with Gasteiger partial charge in [-0.05, 0) is 36.8 Å². The van der Waals surface area contributed by atoms with E-state index >= 15 is 0 Å². The topological polar surface area (TPSA) is 137 Å². The number of carbonyl (C=O) groups excluding carboxylic acids is 3. The van der Waals surface area contributed by atoms with Gasteiger partial charge in [0, 0.05) is 30.4 Å². The zero-order chi connectivity index (χ0) is 21.6. The zero-order valence-corrected chi connectivity index (χ0v) is 16.0. The lowest BCUT2D eigenvalue weighted by Gasteiger charge is -2.11. The molecule has 0 atom stereocenters. The molecule has 0 fully saturated rings. The molecule has 0 radical (unpaired) electrons. The van der Waals surface area contributed by atoms with Crippen LogP contribution >= 0.6 is 0 Å². The second-order valence-corrected chi connectivity index (χ2v) is 5.98. The molecule has 2 aromatic carbocycles. The van der Waals surface area contributed by atoms with E-state index in [-0.39, 0.29) is 22.9 Å². The number of nitro groups is 1. The molecule has 0 aliphatic heterocycles. The van der Waals surface area contributed by atoms with Crippen LogP contribution in [0, 0.1) is 17.0 Å². The molecular weight excluding hydrogens is 382 g/mol. The van der Waals surface area contributed by atoms with Crippen LogP contribution in [0.5, 0.6) is 5.75 Å². The second-order valence-electron chi connectivity index (χ2n) is 5.98. The van der Waals surface area contributed by atoms with Crippen molar-refractivity contribution in [3.8, 4) is 5.75 Å². The van der Waals surface area contributed by atoms with Gasteiger partial charge in [-0.2, -0.15) is 0 Å². The highest BCUT2D eigenvalue weighted by Gasteiger charge is 2.19. The Balaban J connectivity index is 1.98. The molecule has 0 saturated carbocycles. The summed E-state index contributed by atoms with van der Waals surface area (Å²) in [5, 5.41) is 16.1. The van der Waals surface area contributed by atoms with E-state index in [2.05, 4.69) is 10.6 Å². The molecule has 152 valence electrons. The van der Waals surface area contributed by atoms with Crippen molar-refractivity contribution in [1.82, 2.24) is 0 Å². The molecule has 0 aromatic heterocycles. The van der Waals surface area contributed by atoms with E-state index in [1.54, 1.807) is 6.92 Å². The molecule has 0 heterocycles. The number of nitro benzene ring substituents is 1. The van der Waals surface area contributed by atoms with Gasteiger partial charge in [0.2, 0.25) is 5.91 Å². The summed E-state index contributed by atoms with van der Waals surface area (Å²) in [4.78, 5) is 45.5. The number of hydrogen-bond donors (Lipinski definition) is 2. The van der Waals surface area contributed by atoms with Gasteiger partial charge in [-0.1, -0.05) is 0 Å². The molecule has 2 amide bonds. The number of benzene rings is 2. The number of esters is 1. The van der Waals surface area contributed by atoms with E-state index in [9.17, 15) is 24.5 Å². The fourth-order valence-electron chi connectivity index (χ4n) is 2.41. The molecule has 0 aliphatic rings. The van der Waals surface area contributed by atoms with Gasteiger partial charge in [-0.3, -0.25) is 19.7 Å². The van der Waals surface area contributed by atoms with Crippen molar-refractivity contribution in [2.45, 2.75) is 13.8 Å². The highest BCUT2D eigenvalue weighted by atomic mass is 16.6. The summed E-state index contributed by atoms with van der Waals surface area (Å²) in [7, 11) is 1.28. The number of methoxy groups -OCH3 is 1. The van der Waals surface area contributed by atoms with Gasteiger partial charge in [0.25, 0.3) is 5.91 Å². The van der Waals surface area contributed by atoms with Crippen molar-refractivity contribution in [2.75, 3.05) is 24.4 Å². The van der Waals surface area contributed by atoms with Gasteiger partial charge < -0.3 is 20.1 Å². The normalized spacial score (nSPS) is 10.0. The summed E-state index contributed by atoms with van der Waals surface area (Å²) >= 11 is 0. The summed E-state index contributed by atoms with van der Waals surface area (Å²) in [5.74, 6) is -1.58. The van der Waals surface area contributed by atoms with Crippen LogP contribution in [0.25, 0.3) is 0 Å². The minimum absolute atomic E-state index is 0.00726. The maximum absolute atomic E-state index is 12.1. The number of rotatable bonds is 7. The highest BCUT2D eigenvalue weighted by molar-refractivity contribution is 5.96. The van der Waals surface area contributed by atoms with Crippen molar-refractivity contribution >= 4 is 34.8 Å². The molecular formula is C19H19N3O7. The number of anilines is 2. The smallest absolute Gasteiger partial charge is 0.338 e. The SMILES string of the molecule is COc1cc(NC(=O)COC(=O)c2ccc(NC(C)=O)cc2)c(C)cc1[N+](=O)[O-]. The van der Waals surface area contributed by atoms with E-state index in [4.69, 9.17) is 9.47 Å². The maximum Gasteiger partial charge on any atom is 0.338 e. The first kappa shape index (κ1) is 21.4. The zero-order valence-electron chi connectivity index (χ0n) is 16.0. The Labute approximate surface area is 166 Å². The van der Waals surface area contributed by atoms with E-state index in [0.29, 0.717) is 16.9 Å². The first-order valence-corrected chi connectivity index (χ1v) is 8.39. The Bertz CT molecular complexity index is 955. The Morgan fingerprint density at radius 3 is 2.31 bits per heavy atom. The Kier molecular flexibility index (Phi) is 6.85. The van der Waals surface area contributed by atoms with Crippen molar-refractivity contribution in [3.63, 3.8) is 0 Å². The maximum atomic E-state index is 12.1. The van der Waals surface area contributed by atoms with Crippen LogP contribution in [0.2, 0.25) is 0 Å². The summed E-state index contributed by atoms with van der Waals surface area (Å²) in [6.45, 7) is 2.40. The number of amides is 2. The lowest BCUT2D eigenvalue weighted by Crippen LogP contribution is -2.21. The molecule has 0 saturated heterocycles. The van der Waals surface area contributed by atoms with Crippen LogP contribution in [-0.4, -0.2) is 36.4 Å². The highest BCUT2D eigenvalue weighted by Crippen LogP contribution is 2.32. The van der Waals surface area contributed by atoms with Gasteiger partial charge in [-0.25, -0.2) is 4.79 Å². The quantitative estimate of drug-likeness (QED) is 0.413. The standard InChI is InChI=1S/C19H19N3O7/c1-11-8-16(22(26)27)17(28-3)9-15(11)21-18(24)10-29-19(25)13-4-6-14(7-5-13)20-12(2)23/h4-9H,10H2,1-3H3,(H,20,23)(H,21,24). The first-order valence-electron chi connectivity index (χ1n) is 8.39. The third-order valence-electron chi connectivity index (χ3n) is 3.77. The number of carbonyl (C=O) groups is 3. The molecule has 0 spiro atoms. The van der Waals surface area contributed by atoms with Crippen molar-refractivity contribution in [2.24, 2.45) is 0 Å². The Morgan fingerprint density at radius 2 is 1.76 bits per heavy atom. The van der Waals surface area contributed by atoms with Gasteiger partial charge >= 0.3 is 11.7 Å². The third-order valence-corrected chi connectivity index (χ3v) is 3.77. The summed E-state index contributed by atoms with van der Waals surface area (Å²) in [6, 6.07) is 8.58. The monoisotopic (exact) mass is 401 g/mol. The molecule has 0 aliphatic carbocycles. The average Bonchev–Trinajstić information content (AvgIpc) is 2.67. The lowest BCUT2D eigenvalue weighted by molar-refractivity contribution is -0.385.